The topological polar surface area (TPSA) is 27.7 Å². The normalized spacial score (nSPS) is 30.5. The van der Waals surface area contributed by atoms with Crippen molar-refractivity contribution in [3.63, 3.8) is 0 Å². The fourth-order valence-corrected chi connectivity index (χ4v) is 5.95. The summed E-state index contributed by atoms with van der Waals surface area (Å²) in [7, 11) is 0. The van der Waals surface area contributed by atoms with E-state index in [9.17, 15) is 17.6 Å². The molecule has 0 aromatic heterocycles. The van der Waals surface area contributed by atoms with Crippen molar-refractivity contribution in [2.45, 2.75) is 64.3 Å². The van der Waals surface area contributed by atoms with Crippen LogP contribution < -0.4 is 0 Å². The molecule has 1 aliphatic carbocycles. The number of hydrogen-bond donors (Lipinski definition) is 0. The average molecular weight is 493 g/mol. The first-order chi connectivity index (χ1) is 16.8. The predicted molar refractivity (Wildman–Crippen MR) is 123 cm³/mol. The quantitative estimate of drug-likeness (QED) is 0.303. The molecule has 0 amide bonds. The van der Waals surface area contributed by atoms with Crippen molar-refractivity contribution in [1.29, 1.82) is 0 Å². The van der Waals surface area contributed by atoms with Crippen LogP contribution in [-0.2, 0) is 20.6 Å². The summed E-state index contributed by atoms with van der Waals surface area (Å²) in [6, 6.07) is 6.30. The van der Waals surface area contributed by atoms with Gasteiger partial charge in [0.15, 0.2) is 17.5 Å². The first-order valence-electron chi connectivity index (χ1n) is 12.7. The van der Waals surface area contributed by atoms with Crippen LogP contribution in [0.1, 0.15) is 57.4 Å². The van der Waals surface area contributed by atoms with E-state index < -0.39 is 29.2 Å². The van der Waals surface area contributed by atoms with Gasteiger partial charge in [0.05, 0.1) is 19.8 Å². The Labute approximate surface area is 203 Å². The number of fused-ring (bicyclic) bond motifs is 3. The smallest absolute Gasteiger partial charge is 0.285 e. The predicted octanol–water partition coefficient (Wildman–Crippen LogP) is 7.17. The van der Waals surface area contributed by atoms with Gasteiger partial charge in [0.2, 0.25) is 0 Å². The minimum atomic E-state index is -1.55. The highest BCUT2D eigenvalue weighted by Gasteiger charge is 2.56. The Hall–Kier alpha value is -1.96. The third-order valence-corrected chi connectivity index (χ3v) is 8.04. The van der Waals surface area contributed by atoms with E-state index in [1.807, 2.05) is 0 Å². The van der Waals surface area contributed by atoms with Crippen molar-refractivity contribution in [3.05, 3.63) is 59.2 Å². The van der Waals surface area contributed by atoms with Crippen LogP contribution in [0.4, 0.5) is 17.6 Å². The summed E-state index contributed by atoms with van der Waals surface area (Å²) >= 11 is 0. The number of hydrogen-bond acceptors (Lipinski definition) is 3. The van der Waals surface area contributed by atoms with E-state index in [-0.39, 0.29) is 22.5 Å². The Morgan fingerprint density at radius 3 is 2.03 bits per heavy atom. The number of halogens is 4. The Morgan fingerprint density at radius 1 is 0.829 bits per heavy atom. The Balaban J connectivity index is 1.14. The minimum Gasteiger partial charge on any atom is -0.326 e. The van der Waals surface area contributed by atoms with Crippen LogP contribution in [0.15, 0.2) is 30.3 Å². The number of rotatable bonds is 7. The van der Waals surface area contributed by atoms with Gasteiger partial charge in [-0.2, -0.15) is 0 Å². The third kappa shape index (κ3) is 4.87. The highest BCUT2D eigenvalue weighted by molar-refractivity contribution is 5.64. The van der Waals surface area contributed by atoms with Gasteiger partial charge in [0.1, 0.15) is 5.82 Å². The summed E-state index contributed by atoms with van der Waals surface area (Å²) in [6.07, 6.45) is 7.81. The second kappa shape index (κ2) is 9.83. The maximum absolute atomic E-state index is 14.7. The molecule has 190 valence electrons. The van der Waals surface area contributed by atoms with Gasteiger partial charge in [-0.25, -0.2) is 17.6 Å². The summed E-state index contributed by atoms with van der Waals surface area (Å²) in [5.41, 5.74) is 0.871. The van der Waals surface area contributed by atoms with Crippen LogP contribution in [0.5, 0.6) is 0 Å². The van der Waals surface area contributed by atoms with E-state index in [1.165, 1.54) is 12.1 Å². The zero-order valence-electron chi connectivity index (χ0n) is 20.1. The first-order valence-corrected chi connectivity index (χ1v) is 12.7. The lowest BCUT2D eigenvalue weighted by atomic mass is 9.76. The van der Waals surface area contributed by atoms with Gasteiger partial charge < -0.3 is 14.2 Å². The Bertz CT molecular complexity index is 1020. The van der Waals surface area contributed by atoms with Gasteiger partial charge in [-0.3, -0.25) is 0 Å². The van der Waals surface area contributed by atoms with Crippen LogP contribution in [0.3, 0.4) is 0 Å². The molecule has 0 N–H and O–H groups in total. The molecule has 3 saturated heterocycles. The van der Waals surface area contributed by atoms with Crippen LogP contribution in [0.2, 0.25) is 0 Å². The van der Waals surface area contributed by atoms with Crippen LogP contribution in [0, 0.1) is 40.5 Å². The summed E-state index contributed by atoms with van der Waals surface area (Å²) < 4.78 is 73.5. The zero-order chi connectivity index (χ0) is 24.6. The van der Waals surface area contributed by atoms with E-state index in [4.69, 9.17) is 14.2 Å². The van der Waals surface area contributed by atoms with Crippen molar-refractivity contribution in [3.8, 4) is 11.1 Å². The fourth-order valence-electron chi connectivity index (χ4n) is 5.95. The molecule has 0 atom stereocenters. The molecule has 1 saturated carbocycles. The molecule has 7 heteroatoms. The third-order valence-electron chi connectivity index (χ3n) is 8.04. The molecule has 4 aliphatic rings. The van der Waals surface area contributed by atoms with Gasteiger partial charge in [0, 0.05) is 16.9 Å². The molecule has 2 bridgehead atoms. The van der Waals surface area contributed by atoms with Crippen molar-refractivity contribution < 1.29 is 31.8 Å². The summed E-state index contributed by atoms with van der Waals surface area (Å²) in [6.45, 7) is 4.29. The highest BCUT2D eigenvalue weighted by Crippen LogP contribution is 2.49. The van der Waals surface area contributed by atoms with Gasteiger partial charge in [-0.1, -0.05) is 25.5 Å². The molecule has 2 aromatic carbocycles. The molecule has 4 fully saturated rings. The summed E-state index contributed by atoms with van der Waals surface area (Å²) in [5.74, 6) is -4.91. The van der Waals surface area contributed by atoms with E-state index in [2.05, 4.69) is 6.92 Å². The maximum Gasteiger partial charge on any atom is 0.285 e. The van der Waals surface area contributed by atoms with Gasteiger partial charge >= 0.3 is 0 Å². The lowest BCUT2D eigenvalue weighted by Gasteiger charge is -2.55. The molecule has 3 aliphatic heterocycles. The maximum atomic E-state index is 14.7. The first kappa shape index (κ1) is 24.7. The largest absolute Gasteiger partial charge is 0.326 e. The van der Waals surface area contributed by atoms with Gasteiger partial charge in [0.25, 0.3) is 5.97 Å². The molecular formula is C28H32F4O3. The van der Waals surface area contributed by atoms with E-state index in [0.29, 0.717) is 32.2 Å². The van der Waals surface area contributed by atoms with Crippen LogP contribution in [-0.4, -0.2) is 25.8 Å². The molecule has 0 radical (unpaired) electrons. The SMILES string of the molecule is CCCC12COC(C3CCC(CCc4ccc(-c5cc(F)c(F)c(F)c5)c(F)c4)CC3)(OC1)OC2. The lowest BCUT2D eigenvalue weighted by Crippen LogP contribution is -2.63. The number of benzene rings is 2. The monoisotopic (exact) mass is 492 g/mol. The number of ether oxygens (including phenoxy) is 3. The molecule has 3 heterocycles. The Morgan fingerprint density at radius 2 is 1.46 bits per heavy atom. The molecule has 6 rings (SSSR count). The fraction of sp³-hybridized carbons (Fsp3) is 0.571. The summed E-state index contributed by atoms with van der Waals surface area (Å²) in [5, 5.41) is 0. The number of aryl methyl sites for hydroxylation is 1. The van der Waals surface area contributed by atoms with E-state index >= 15 is 0 Å². The minimum absolute atomic E-state index is 0.0115. The molecule has 3 nitrogen and oxygen atoms in total. The molecular weight excluding hydrogens is 460 g/mol. The van der Waals surface area contributed by atoms with Crippen molar-refractivity contribution in [2.75, 3.05) is 19.8 Å². The van der Waals surface area contributed by atoms with E-state index in [1.54, 1.807) is 6.07 Å². The lowest BCUT2D eigenvalue weighted by molar-refractivity contribution is -0.488. The van der Waals surface area contributed by atoms with Crippen LogP contribution >= 0.6 is 0 Å². The highest BCUT2D eigenvalue weighted by atomic mass is 19.2. The molecule has 0 spiro atoms. The summed E-state index contributed by atoms with van der Waals surface area (Å²) in [4.78, 5) is 0. The molecule has 35 heavy (non-hydrogen) atoms. The van der Waals surface area contributed by atoms with Crippen LogP contribution in [0.25, 0.3) is 11.1 Å². The second-order valence-corrected chi connectivity index (χ2v) is 10.5. The van der Waals surface area contributed by atoms with E-state index in [0.717, 1.165) is 62.6 Å². The average Bonchev–Trinajstić information content (AvgIpc) is 2.87. The van der Waals surface area contributed by atoms with Gasteiger partial charge in [-0.05, 0) is 80.2 Å². The van der Waals surface area contributed by atoms with Gasteiger partial charge in [-0.15, -0.1) is 0 Å². The standard InChI is InChI=1S/C28H32F4O3/c1-2-11-27-15-33-28(34-16-27,35-17-27)21-8-5-18(6-9-21)3-4-19-7-10-22(23(29)12-19)20-13-24(30)26(32)25(31)14-20/h7,10,12-14,18,21H,2-6,8-9,11,15-17H2,1H3. The van der Waals surface area contributed by atoms with Crippen molar-refractivity contribution in [1.82, 2.24) is 0 Å². The molecule has 0 unspecified atom stereocenters. The Kier molecular flexibility index (Phi) is 6.94. The molecule has 2 aromatic rings. The van der Waals surface area contributed by atoms with Crippen molar-refractivity contribution in [2.24, 2.45) is 17.3 Å². The second-order valence-electron chi connectivity index (χ2n) is 10.5. The van der Waals surface area contributed by atoms with Crippen molar-refractivity contribution >= 4 is 0 Å². The zero-order valence-corrected chi connectivity index (χ0v) is 20.1.